The van der Waals surface area contributed by atoms with E-state index in [1.165, 1.54) is 37.0 Å². The second-order valence-corrected chi connectivity index (χ2v) is 6.80. The molecule has 1 saturated carbocycles. The fourth-order valence-electron chi connectivity index (χ4n) is 3.27. The highest BCUT2D eigenvalue weighted by atomic mass is 16.5. The monoisotopic (exact) mass is 354 g/mol. The first kappa shape index (κ1) is 18.2. The Hall–Kier alpha value is -2.63. The van der Waals surface area contributed by atoms with Crippen LogP contribution in [0.3, 0.4) is 0 Å². The van der Waals surface area contributed by atoms with Gasteiger partial charge in [-0.2, -0.15) is 0 Å². The SMILES string of the molecule is CN(C(=O)COc1cncc2ccccc12)C(N)=NCC1CCCCC1. The van der Waals surface area contributed by atoms with Gasteiger partial charge in [-0.05, 0) is 18.8 Å². The third kappa shape index (κ3) is 4.50. The molecule has 1 amide bonds. The Morgan fingerprint density at radius 3 is 2.85 bits per heavy atom. The number of likely N-dealkylation sites (N-methyl/N-ethyl adjacent to an activating group) is 1. The number of ether oxygens (including phenoxy) is 1. The van der Waals surface area contributed by atoms with Crippen LogP contribution in [0.2, 0.25) is 0 Å². The zero-order valence-corrected chi connectivity index (χ0v) is 15.2. The molecule has 0 unspecified atom stereocenters. The smallest absolute Gasteiger partial charge is 0.266 e. The molecule has 138 valence electrons. The number of rotatable bonds is 5. The summed E-state index contributed by atoms with van der Waals surface area (Å²) >= 11 is 0. The van der Waals surface area contributed by atoms with Gasteiger partial charge >= 0.3 is 0 Å². The molecule has 1 fully saturated rings. The fraction of sp³-hybridized carbons (Fsp3) is 0.450. The van der Waals surface area contributed by atoms with Crippen LogP contribution in [0.1, 0.15) is 32.1 Å². The lowest BCUT2D eigenvalue weighted by atomic mass is 9.89. The summed E-state index contributed by atoms with van der Waals surface area (Å²) in [6, 6.07) is 7.77. The first-order valence-electron chi connectivity index (χ1n) is 9.17. The van der Waals surface area contributed by atoms with Crippen LogP contribution >= 0.6 is 0 Å². The Morgan fingerprint density at radius 1 is 1.27 bits per heavy atom. The Morgan fingerprint density at radius 2 is 2.04 bits per heavy atom. The van der Waals surface area contributed by atoms with Crippen LogP contribution in [0.4, 0.5) is 0 Å². The predicted molar refractivity (Wildman–Crippen MR) is 103 cm³/mol. The number of aliphatic imine (C=N–C) groups is 1. The van der Waals surface area contributed by atoms with Gasteiger partial charge in [0, 0.05) is 30.6 Å². The van der Waals surface area contributed by atoms with Crippen molar-refractivity contribution >= 4 is 22.6 Å². The number of pyridine rings is 1. The van der Waals surface area contributed by atoms with Gasteiger partial charge in [-0.15, -0.1) is 0 Å². The van der Waals surface area contributed by atoms with Crippen molar-refractivity contribution in [3.63, 3.8) is 0 Å². The number of nitrogens with zero attached hydrogens (tertiary/aromatic N) is 3. The number of hydrogen-bond acceptors (Lipinski definition) is 4. The number of carbonyl (C=O) groups excluding carboxylic acids is 1. The van der Waals surface area contributed by atoms with E-state index in [-0.39, 0.29) is 18.5 Å². The van der Waals surface area contributed by atoms with Gasteiger partial charge < -0.3 is 10.5 Å². The maximum Gasteiger partial charge on any atom is 0.266 e. The van der Waals surface area contributed by atoms with Crippen molar-refractivity contribution < 1.29 is 9.53 Å². The predicted octanol–water partition coefficient (Wildman–Crippen LogP) is 2.97. The van der Waals surface area contributed by atoms with Crippen molar-refractivity contribution in [1.29, 1.82) is 0 Å². The van der Waals surface area contributed by atoms with Crippen LogP contribution in [-0.2, 0) is 4.79 Å². The van der Waals surface area contributed by atoms with E-state index in [1.807, 2.05) is 24.3 Å². The molecule has 1 aromatic heterocycles. The van der Waals surface area contributed by atoms with E-state index in [2.05, 4.69) is 9.98 Å². The summed E-state index contributed by atoms with van der Waals surface area (Å²) in [5.41, 5.74) is 5.98. The maximum atomic E-state index is 12.4. The average molecular weight is 354 g/mol. The molecule has 0 bridgehead atoms. The lowest BCUT2D eigenvalue weighted by Gasteiger charge is -2.21. The van der Waals surface area contributed by atoms with E-state index in [9.17, 15) is 4.79 Å². The van der Waals surface area contributed by atoms with E-state index in [0.29, 0.717) is 18.2 Å². The lowest BCUT2D eigenvalue weighted by molar-refractivity contribution is -0.128. The number of fused-ring (bicyclic) bond motifs is 1. The van der Waals surface area contributed by atoms with Crippen molar-refractivity contribution in [3.8, 4) is 5.75 Å². The van der Waals surface area contributed by atoms with Crippen LogP contribution in [0, 0.1) is 5.92 Å². The van der Waals surface area contributed by atoms with E-state index in [4.69, 9.17) is 10.5 Å². The standard InChI is InChI=1S/C20H26N4O2/c1-24(20(21)23-11-15-7-3-2-4-8-15)19(25)14-26-18-13-22-12-16-9-5-6-10-17(16)18/h5-6,9-10,12-13,15H,2-4,7-8,11,14H2,1H3,(H2,21,23). The minimum absolute atomic E-state index is 0.105. The van der Waals surface area contributed by atoms with Crippen molar-refractivity contribution in [2.24, 2.45) is 16.6 Å². The van der Waals surface area contributed by atoms with Gasteiger partial charge in [0.05, 0.1) is 6.20 Å². The number of guanidine groups is 1. The summed E-state index contributed by atoms with van der Waals surface area (Å²) in [5, 5.41) is 1.90. The molecular weight excluding hydrogens is 328 g/mol. The topological polar surface area (TPSA) is 80.8 Å². The zero-order chi connectivity index (χ0) is 18.4. The zero-order valence-electron chi connectivity index (χ0n) is 15.2. The third-order valence-corrected chi connectivity index (χ3v) is 4.94. The Balaban J connectivity index is 1.56. The largest absolute Gasteiger partial charge is 0.481 e. The number of benzene rings is 1. The second-order valence-electron chi connectivity index (χ2n) is 6.80. The summed E-state index contributed by atoms with van der Waals surface area (Å²) < 4.78 is 5.68. The van der Waals surface area contributed by atoms with Crippen molar-refractivity contribution in [2.45, 2.75) is 32.1 Å². The highest BCUT2D eigenvalue weighted by molar-refractivity contribution is 5.96. The molecule has 0 aliphatic heterocycles. The van der Waals surface area contributed by atoms with E-state index >= 15 is 0 Å². The molecule has 2 N–H and O–H groups in total. The average Bonchev–Trinajstić information content (AvgIpc) is 2.70. The van der Waals surface area contributed by atoms with Gasteiger partial charge in [0.25, 0.3) is 5.91 Å². The summed E-state index contributed by atoms with van der Waals surface area (Å²) in [6.45, 7) is 0.587. The van der Waals surface area contributed by atoms with Gasteiger partial charge in [0.1, 0.15) is 5.75 Å². The lowest BCUT2D eigenvalue weighted by Crippen LogP contribution is -2.41. The fourth-order valence-corrected chi connectivity index (χ4v) is 3.27. The van der Waals surface area contributed by atoms with E-state index in [0.717, 1.165) is 10.8 Å². The maximum absolute atomic E-state index is 12.4. The summed E-state index contributed by atoms with van der Waals surface area (Å²) in [6.07, 6.45) is 9.64. The minimum atomic E-state index is -0.233. The Bertz CT molecular complexity index is 779. The number of nitrogens with two attached hydrogens (primary N) is 1. The summed E-state index contributed by atoms with van der Waals surface area (Å²) in [7, 11) is 1.63. The molecule has 1 heterocycles. The molecule has 3 rings (SSSR count). The molecule has 1 aliphatic carbocycles. The van der Waals surface area contributed by atoms with Crippen molar-refractivity contribution in [2.75, 3.05) is 20.2 Å². The number of hydrogen-bond donors (Lipinski definition) is 1. The number of amides is 1. The van der Waals surface area contributed by atoms with E-state index < -0.39 is 0 Å². The molecule has 1 aliphatic rings. The molecular formula is C20H26N4O2. The van der Waals surface area contributed by atoms with Crippen LogP contribution in [0.15, 0.2) is 41.7 Å². The van der Waals surface area contributed by atoms with Crippen molar-refractivity contribution in [1.82, 2.24) is 9.88 Å². The Kier molecular flexibility index (Phi) is 6.04. The molecule has 2 aromatic rings. The van der Waals surface area contributed by atoms with Crippen LogP contribution in [0.25, 0.3) is 10.8 Å². The van der Waals surface area contributed by atoms with Gasteiger partial charge in [0.2, 0.25) is 0 Å². The van der Waals surface area contributed by atoms with Gasteiger partial charge in [-0.3, -0.25) is 19.7 Å². The molecule has 1 aromatic carbocycles. The van der Waals surface area contributed by atoms with Crippen LogP contribution in [-0.4, -0.2) is 41.9 Å². The number of aromatic nitrogens is 1. The second kappa shape index (κ2) is 8.65. The molecule has 26 heavy (non-hydrogen) atoms. The van der Waals surface area contributed by atoms with Gasteiger partial charge in [0.15, 0.2) is 12.6 Å². The third-order valence-electron chi connectivity index (χ3n) is 4.94. The van der Waals surface area contributed by atoms with Crippen molar-refractivity contribution in [3.05, 3.63) is 36.7 Å². The highest BCUT2D eigenvalue weighted by Crippen LogP contribution is 2.24. The van der Waals surface area contributed by atoms with Crippen LogP contribution < -0.4 is 10.5 Å². The van der Waals surface area contributed by atoms with Crippen LogP contribution in [0.5, 0.6) is 5.75 Å². The summed E-state index contributed by atoms with van der Waals surface area (Å²) in [5.74, 6) is 1.19. The summed E-state index contributed by atoms with van der Waals surface area (Å²) in [4.78, 5) is 22.3. The van der Waals surface area contributed by atoms with Gasteiger partial charge in [-0.1, -0.05) is 43.5 Å². The Labute approximate surface area is 154 Å². The molecule has 6 heteroatoms. The van der Waals surface area contributed by atoms with Gasteiger partial charge in [-0.25, -0.2) is 0 Å². The molecule has 0 saturated heterocycles. The minimum Gasteiger partial charge on any atom is -0.481 e. The molecule has 0 atom stereocenters. The first-order chi connectivity index (χ1) is 12.6. The number of carbonyl (C=O) groups is 1. The quantitative estimate of drug-likeness (QED) is 0.661. The first-order valence-corrected chi connectivity index (χ1v) is 9.17. The molecule has 0 radical (unpaired) electrons. The normalized spacial score (nSPS) is 15.8. The molecule has 0 spiro atoms. The molecule has 6 nitrogen and oxygen atoms in total. The van der Waals surface area contributed by atoms with E-state index in [1.54, 1.807) is 19.4 Å². The highest BCUT2D eigenvalue weighted by Gasteiger charge is 2.16.